The van der Waals surface area contributed by atoms with Gasteiger partial charge in [-0.1, -0.05) is 6.07 Å². The second kappa shape index (κ2) is 4.13. The fraction of sp³-hybridized carbons (Fsp3) is 0.500. The summed E-state index contributed by atoms with van der Waals surface area (Å²) in [6.45, 7) is 0.709. The maximum absolute atomic E-state index is 12.2. The minimum Gasteiger partial charge on any atom is -0.504 e. The van der Waals surface area contributed by atoms with Gasteiger partial charge in [0.15, 0.2) is 11.5 Å². The number of phenolic OH excluding ortho intramolecular Hbond substituents is 1. The Morgan fingerprint density at radius 2 is 2.11 bits per heavy atom. The number of phenols is 1. The second-order valence-corrected chi connectivity index (χ2v) is 5.40. The number of amides is 1. The number of hydrogen-bond donors (Lipinski definition) is 2. The molecule has 1 aromatic rings. The summed E-state index contributed by atoms with van der Waals surface area (Å²) in [4.78, 5) is 13.8. The molecule has 1 aliphatic heterocycles. The summed E-state index contributed by atoms with van der Waals surface area (Å²) in [7, 11) is 1.44. The Labute approximate surface area is 111 Å². The molecule has 0 unspecified atom stereocenters. The van der Waals surface area contributed by atoms with Crippen LogP contribution in [0, 0.1) is 5.92 Å². The highest BCUT2D eigenvalue weighted by Crippen LogP contribution is 2.45. The summed E-state index contributed by atoms with van der Waals surface area (Å²) < 4.78 is 4.99. The highest BCUT2D eigenvalue weighted by atomic mass is 16.5. The molecule has 0 aromatic heterocycles. The van der Waals surface area contributed by atoms with Gasteiger partial charge in [0.1, 0.15) is 5.60 Å². The number of hydrogen-bond acceptors (Lipinski definition) is 4. The molecule has 2 aliphatic rings. The molecule has 1 heterocycles. The van der Waals surface area contributed by atoms with E-state index in [-0.39, 0.29) is 23.0 Å². The highest BCUT2D eigenvalue weighted by molar-refractivity contribution is 5.98. The van der Waals surface area contributed by atoms with Gasteiger partial charge in [-0.25, -0.2) is 0 Å². The van der Waals surface area contributed by atoms with Crippen LogP contribution in [0.2, 0.25) is 0 Å². The number of rotatable bonds is 3. The maximum Gasteiger partial charge on any atom is 0.257 e. The van der Waals surface area contributed by atoms with E-state index in [4.69, 9.17) is 4.74 Å². The Kier molecular flexibility index (Phi) is 2.67. The fourth-order valence-corrected chi connectivity index (χ4v) is 2.67. The smallest absolute Gasteiger partial charge is 0.257 e. The van der Waals surface area contributed by atoms with Crippen LogP contribution < -0.4 is 4.74 Å². The number of benzene rings is 1. The van der Waals surface area contributed by atoms with Crippen molar-refractivity contribution in [2.75, 3.05) is 20.2 Å². The molecule has 2 N–H and O–H groups in total. The van der Waals surface area contributed by atoms with Gasteiger partial charge in [0.2, 0.25) is 0 Å². The lowest BCUT2D eigenvalue weighted by atomic mass is 9.88. The minimum absolute atomic E-state index is 0.142. The van der Waals surface area contributed by atoms with Gasteiger partial charge >= 0.3 is 0 Å². The summed E-state index contributed by atoms with van der Waals surface area (Å²) in [5, 5.41) is 20.1. The fourth-order valence-electron chi connectivity index (χ4n) is 2.67. The van der Waals surface area contributed by atoms with Gasteiger partial charge < -0.3 is 19.8 Å². The number of methoxy groups -OCH3 is 1. The van der Waals surface area contributed by atoms with E-state index in [9.17, 15) is 15.0 Å². The third kappa shape index (κ3) is 1.94. The number of ether oxygens (including phenoxy) is 1. The van der Waals surface area contributed by atoms with Gasteiger partial charge in [-0.2, -0.15) is 0 Å². The number of nitrogens with zero attached hydrogens (tertiary/aromatic N) is 1. The molecule has 1 saturated carbocycles. The summed E-state index contributed by atoms with van der Waals surface area (Å²) >= 11 is 0. The van der Waals surface area contributed by atoms with Crippen molar-refractivity contribution in [1.29, 1.82) is 0 Å². The zero-order chi connectivity index (χ0) is 13.6. The Balaban J connectivity index is 1.75. The molecule has 5 nitrogen and oxygen atoms in total. The number of β-amino-alcohol motifs (C(OH)–C–C–N with tert-alkyl or cyclic N) is 1. The van der Waals surface area contributed by atoms with Crippen molar-refractivity contribution in [2.45, 2.75) is 18.4 Å². The summed E-state index contributed by atoms with van der Waals surface area (Å²) in [5.41, 5.74) is -0.485. The Bertz CT molecular complexity index is 518. The van der Waals surface area contributed by atoms with Crippen LogP contribution in [-0.4, -0.2) is 46.8 Å². The van der Waals surface area contributed by atoms with E-state index in [1.165, 1.54) is 7.11 Å². The molecule has 19 heavy (non-hydrogen) atoms. The van der Waals surface area contributed by atoms with Crippen LogP contribution in [0.25, 0.3) is 0 Å². The SMILES string of the molecule is COc1cccc(C(=O)N2CC(O)(C3CC3)C2)c1O. The van der Waals surface area contributed by atoms with Gasteiger partial charge in [-0.05, 0) is 30.9 Å². The average molecular weight is 263 g/mol. The van der Waals surface area contributed by atoms with Crippen molar-refractivity contribution in [3.05, 3.63) is 23.8 Å². The topological polar surface area (TPSA) is 70.0 Å². The van der Waals surface area contributed by atoms with Crippen LogP contribution in [0.15, 0.2) is 18.2 Å². The highest BCUT2D eigenvalue weighted by Gasteiger charge is 2.53. The average Bonchev–Trinajstić information content (AvgIpc) is 3.19. The molecule has 0 atom stereocenters. The quantitative estimate of drug-likeness (QED) is 0.853. The Hall–Kier alpha value is -1.75. The van der Waals surface area contributed by atoms with Crippen molar-refractivity contribution in [1.82, 2.24) is 4.90 Å². The third-order valence-corrected chi connectivity index (χ3v) is 4.00. The van der Waals surface area contributed by atoms with Crippen molar-refractivity contribution in [3.63, 3.8) is 0 Å². The number of carbonyl (C=O) groups is 1. The van der Waals surface area contributed by atoms with Gasteiger partial charge in [0.25, 0.3) is 5.91 Å². The number of para-hydroxylation sites is 1. The lowest BCUT2D eigenvalue weighted by Crippen LogP contribution is -2.64. The van der Waals surface area contributed by atoms with Gasteiger partial charge in [0.05, 0.1) is 25.8 Å². The van der Waals surface area contributed by atoms with Gasteiger partial charge in [-0.15, -0.1) is 0 Å². The molecule has 3 rings (SSSR count). The molecule has 0 radical (unpaired) electrons. The molecule has 1 aromatic carbocycles. The van der Waals surface area contributed by atoms with Crippen LogP contribution in [0.5, 0.6) is 11.5 Å². The van der Waals surface area contributed by atoms with Crippen molar-refractivity contribution in [3.8, 4) is 11.5 Å². The molecular weight excluding hydrogens is 246 g/mol. The molecule has 2 fully saturated rings. The largest absolute Gasteiger partial charge is 0.504 e. The van der Waals surface area contributed by atoms with E-state index in [1.807, 2.05) is 0 Å². The van der Waals surface area contributed by atoms with Gasteiger partial charge in [0, 0.05) is 0 Å². The summed E-state index contributed by atoms with van der Waals surface area (Å²) in [6, 6.07) is 4.83. The first kappa shape index (κ1) is 12.3. The third-order valence-electron chi connectivity index (χ3n) is 4.00. The molecule has 1 aliphatic carbocycles. The molecule has 5 heteroatoms. The van der Waals surface area contributed by atoms with Crippen LogP contribution >= 0.6 is 0 Å². The zero-order valence-corrected chi connectivity index (χ0v) is 10.8. The Morgan fingerprint density at radius 1 is 1.42 bits per heavy atom. The number of aromatic hydroxyl groups is 1. The molecule has 0 spiro atoms. The first-order valence-electron chi connectivity index (χ1n) is 6.43. The monoisotopic (exact) mass is 263 g/mol. The summed E-state index contributed by atoms with van der Waals surface area (Å²) in [6.07, 6.45) is 2.09. The normalized spacial score (nSPS) is 20.8. The zero-order valence-electron chi connectivity index (χ0n) is 10.8. The van der Waals surface area contributed by atoms with Crippen LogP contribution in [-0.2, 0) is 0 Å². The number of likely N-dealkylation sites (tertiary alicyclic amines) is 1. The maximum atomic E-state index is 12.2. The van der Waals surface area contributed by atoms with Crippen LogP contribution in [0.1, 0.15) is 23.2 Å². The molecule has 102 valence electrons. The van der Waals surface area contributed by atoms with Crippen molar-refractivity contribution < 1.29 is 19.7 Å². The van der Waals surface area contributed by atoms with Gasteiger partial charge in [-0.3, -0.25) is 4.79 Å². The Morgan fingerprint density at radius 3 is 2.68 bits per heavy atom. The predicted molar refractivity (Wildman–Crippen MR) is 68.2 cm³/mol. The number of aliphatic hydroxyl groups is 1. The van der Waals surface area contributed by atoms with E-state index in [0.29, 0.717) is 19.0 Å². The standard InChI is InChI=1S/C14H17NO4/c1-19-11-4-2-3-10(12(11)16)13(17)15-7-14(18,8-15)9-5-6-9/h2-4,9,16,18H,5-8H2,1H3. The first-order valence-corrected chi connectivity index (χ1v) is 6.43. The molecule has 1 amide bonds. The van der Waals surface area contributed by atoms with E-state index in [1.54, 1.807) is 23.1 Å². The van der Waals surface area contributed by atoms with E-state index in [0.717, 1.165) is 12.8 Å². The van der Waals surface area contributed by atoms with E-state index in [2.05, 4.69) is 0 Å². The van der Waals surface area contributed by atoms with E-state index < -0.39 is 5.60 Å². The molecule has 0 bridgehead atoms. The van der Waals surface area contributed by atoms with Crippen LogP contribution in [0.3, 0.4) is 0 Å². The van der Waals surface area contributed by atoms with Crippen molar-refractivity contribution in [2.24, 2.45) is 5.92 Å². The minimum atomic E-state index is -0.704. The number of carbonyl (C=O) groups excluding carboxylic acids is 1. The first-order chi connectivity index (χ1) is 9.05. The van der Waals surface area contributed by atoms with Crippen molar-refractivity contribution >= 4 is 5.91 Å². The van der Waals surface area contributed by atoms with Crippen LogP contribution in [0.4, 0.5) is 0 Å². The predicted octanol–water partition coefficient (Wildman–Crippen LogP) is 0.998. The second-order valence-electron chi connectivity index (χ2n) is 5.40. The molecular formula is C14H17NO4. The lowest BCUT2D eigenvalue weighted by molar-refractivity contribution is -0.0958. The summed E-state index contributed by atoms with van der Waals surface area (Å²) in [5.74, 6) is 0.220. The lowest BCUT2D eigenvalue weighted by Gasteiger charge is -2.47. The molecule has 1 saturated heterocycles. The van der Waals surface area contributed by atoms with E-state index >= 15 is 0 Å².